The molecule has 8 heteroatoms. The van der Waals surface area contributed by atoms with Crippen molar-refractivity contribution in [3.05, 3.63) is 41.5 Å². The summed E-state index contributed by atoms with van der Waals surface area (Å²) in [5, 5.41) is 9.87. The Bertz CT molecular complexity index is 1010. The third-order valence-electron chi connectivity index (χ3n) is 6.77. The van der Waals surface area contributed by atoms with E-state index in [1.807, 2.05) is 30.3 Å². The first-order valence-corrected chi connectivity index (χ1v) is 11.5. The third-order valence-corrected chi connectivity index (χ3v) is 6.77. The molecule has 35 heavy (non-hydrogen) atoms. The van der Waals surface area contributed by atoms with E-state index in [1.165, 1.54) is 0 Å². The lowest BCUT2D eigenvalue weighted by Gasteiger charge is -2.30. The summed E-state index contributed by atoms with van der Waals surface area (Å²) in [5.74, 6) is 2.09. The van der Waals surface area contributed by atoms with Gasteiger partial charge in [-0.15, -0.1) is 0 Å². The first-order chi connectivity index (χ1) is 16.7. The molecule has 1 fully saturated rings. The van der Waals surface area contributed by atoms with Gasteiger partial charge in [0, 0.05) is 0 Å². The smallest absolute Gasteiger partial charge is 0.309 e. The molecule has 3 rings (SSSR count). The summed E-state index contributed by atoms with van der Waals surface area (Å²) in [6.07, 6.45) is 0.830. The molecule has 8 nitrogen and oxygen atoms in total. The highest BCUT2D eigenvalue weighted by Crippen LogP contribution is 2.49. The molecule has 1 saturated heterocycles. The molecule has 2 aromatic rings. The minimum atomic E-state index is -0.924. The van der Waals surface area contributed by atoms with Gasteiger partial charge in [-0.2, -0.15) is 0 Å². The van der Waals surface area contributed by atoms with Crippen molar-refractivity contribution in [3.8, 4) is 28.7 Å². The van der Waals surface area contributed by atoms with Crippen LogP contribution in [-0.4, -0.2) is 53.2 Å². The van der Waals surface area contributed by atoms with Gasteiger partial charge in [0.05, 0.1) is 53.7 Å². The average Bonchev–Trinajstić information content (AvgIpc) is 3.23. The summed E-state index contributed by atoms with van der Waals surface area (Å²) >= 11 is 0. The van der Waals surface area contributed by atoms with E-state index in [0.29, 0.717) is 48.2 Å². The van der Waals surface area contributed by atoms with Crippen molar-refractivity contribution < 1.29 is 38.3 Å². The highest BCUT2D eigenvalue weighted by molar-refractivity contribution is 5.73. The fraction of sp³-hybridized carbons (Fsp3) is 0.519. The second-order valence-electron chi connectivity index (χ2n) is 9.42. The Labute approximate surface area is 207 Å². The predicted octanol–water partition coefficient (Wildman–Crippen LogP) is 4.78. The quantitative estimate of drug-likeness (QED) is 0.483. The van der Waals surface area contributed by atoms with Crippen LogP contribution in [0.2, 0.25) is 0 Å². The summed E-state index contributed by atoms with van der Waals surface area (Å²) in [6.45, 7) is 4.01. The van der Waals surface area contributed by atoms with E-state index >= 15 is 0 Å². The summed E-state index contributed by atoms with van der Waals surface area (Å²) in [5.41, 5.74) is 1.01. The Morgan fingerprint density at radius 3 is 2.03 bits per heavy atom. The number of ether oxygens (including phenoxy) is 6. The number of hydrogen-bond donors (Lipinski definition) is 1. The molecule has 0 bridgehead atoms. The molecule has 0 saturated carbocycles. The lowest BCUT2D eigenvalue weighted by molar-refractivity contribution is -0.148. The number of carboxylic acids is 1. The summed E-state index contributed by atoms with van der Waals surface area (Å²) in [7, 11) is 7.92. The topological polar surface area (TPSA) is 92.7 Å². The molecular formula is C27H36O8. The fourth-order valence-corrected chi connectivity index (χ4v) is 4.80. The molecule has 0 aromatic heterocycles. The van der Waals surface area contributed by atoms with Crippen LogP contribution in [-0.2, 0) is 16.0 Å². The highest BCUT2D eigenvalue weighted by Gasteiger charge is 2.43. The number of carbonyl (C=O) groups is 1. The van der Waals surface area contributed by atoms with Gasteiger partial charge >= 0.3 is 5.97 Å². The van der Waals surface area contributed by atoms with E-state index in [0.717, 1.165) is 11.1 Å². The molecule has 1 heterocycles. The Morgan fingerprint density at radius 2 is 1.51 bits per heavy atom. The van der Waals surface area contributed by atoms with Crippen molar-refractivity contribution >= 4 is 5.97 Å². The van der Waals surface area contributed by atoms with Gasteiger partial charge < -0.3 is 33.5 Å². The van der Waals surface area contributed by atoms with Gasteiger partial charge in [-0.25, -0.2) is 0 Å². The molecule has 0 amide bonds. The van der Waals surface area contributed by atoms with Crippen molar-refractivity contribution in [3.63, 3.8) is 0 Å². The van der Waals surface area contributed by atoms with E-state index in [9.17, 15) is 9.90 Å². The molecule has 3 atom stereocenters. The van der Waals surface area contributed by atoms with E-state index in [1.54, 1.807) is 49.4 Å². The molecule has 1 aliphatic rings. The average molecular weight is 489 g/mol. The second-order valence-corrected chi connectivity index (χ2v) is 9.42. The Morgan fingerprint density at radius 1 is 0.914 bits per heavy atom. The molecule has 0 unspecified atom stereocenters. The van der Waals surface area contributed by atoms with Gasteiger partial charge in [-0.05, 0) is 73.9 Å². The van der Waals surface area contributed by atoms with Crippen LogP contribution in [0.3, 0.4) is 0 Å². The third kappa shape index (κ3) is 5.59. The van der Waals surface area contributed by atoms with Crippen LogP contribution in [0.25, 0.3) is 0 Å². The summed E-state index contributed by atoms with van der Waals surface area (Å²) < 4.78 is 33.7. The van der Waals surface area contributed by atoms with E-state index < -0.39 is 11.4 Å². The standard InChI is InChI=1S/C27H36O8/c1-27(2,26(28)29)14-19-18(10-16-8-9-20(30-3)21(11-16)31-4)15-35-24(19)17-12-22(32-5)25(34-7)23(13-17)33-6/h8-9,11-13,18-19,24H,10,14-15H2,1-7H3,(H,28,29)/t18-,19+,24+/m0/s1. The van der Waals surface area contributed by atoms with Crippen molar-refractivity contribution in [2.45, 2.75) is 32.8 Å². The normalized spacial score (nSPS) is 19.8. The van der Waals surface area contributed by atoms with Crippen LogP contribution >= 0.6 is 0 Å². The number of rotatable bonds is 11. The SMILES string of the molecule is COc1ccc(C[C@H]2CO[C@H](c3cc(OC)c(OC)c(OC)c3)[C@@H]2CC(C)(C)C(=O)O)cc1OC. The van der Waals surface area contributed by atoms with Crippen LogP contribution < -0.4 is 23.7 Å². The van der Waals surface area contributed by atoms with Gasteiger partial charge in [-0.1, -0.05) is 6.07 Å². The van der Waals surface area contributed by atoms with E-state index in [4.69, 9.17) is 28.4 Å². The molecule has 2 aromatic carbocycles. The first kappa shape index (κ1) is 26.5. The zero-order valence-electron chi connectivity index (χ0n) is 21.5. The molecule has 1 N–H and O–H groups in total. The number of carboxylic acid groups (broad SMARTS) is 1. The molecular weight excluding hydrogens is 452 g/mol. The van der Waals surface area contributed by atoms with E-state index in [2.05, 4.69) is 0 Å². The maximum atomic E-state index is 12.0. The zero-order valence-corrected chi connectivity index (χ0v) is 21.5. The number of benzene rings is 2. The molecule has 1 aliphatic heterocycles. The molecule has 192 valence electrons. The lowest BCUT2D eigenvalue weighted by Crippen LogP contribution is -2.30. The van der Waals surface area contributed by atoms with Gasteiger partial charge in [0.15, 0.2) is 23.0 Å². The number of hydrogen-bond acceptors (Lipinski definition) is 7. The first-order valence-electron chi connectivity index (χ1n) is 11.5. The van der Waals surface area contributed by atoms with Gasteiger partial charge in [0.2, 0.25) is 5.75 Å². The summed E-state index contributed by atoms with van der Waals surface area (Å²) in [6, 6.07) is 9.62. The molecule has 0 aliphatic carbocycles. The van der Waals surface area contributed by atoms with Crippen molar-refractivity contribution in [1.29, 1.82) is 0 Å². The maximum absolute atomic E-state index is 12.0. The monoisotopic (exact) mass is 488 g/mol. The van der Waals surface area contributed by atoms with E-state index in [-0.39, 0.29) is 17.9 Å². The molecule has 0 radical (unpaired) electrons. The zero-order chi connectivity index (χ0) is 25.8. The number of methoxy groups -OCH3 is 5. The highest BCUT2D eigenvalue weighted by atomic mass is 16.5. The van der Waals surface area contributed by atoms with Crippen LogP contribution in [0.15, 0.2) is 30.3 Å². The second kappa shape index (κ2) is 11.1. The van der Waals surface area contributed by atoms with Crippen LogP contribution in [0.1, 0.15) is 37.5 Å². The molecule has 0 spiro atoms. The van der Waals surface area contributed by atoms with Gasteiger partial charge in [0.1, 0.15) is 0 Å². The minimum Gasteiger partial charge on any atom is -0.493 e. The van der Waals surface area contributed by atoms with Gasteiger partial charge in [0.25, 0.3) is 0 Å². The van der Waals surface area contributed by atoms with Crippen LogP contribution in [0.5, 0.6) is 28.7 Å². The Hall–Kier alpha value is -3.13. The maximum Gasteiger partial charge on any atom is 0.309 e. The van der Waals surface area contributed by atoms with Crippen LogP contribution in [0, 0.1) is 17.3 Å². The van der Waals surface area contributed by atoms with Crippen LogP contribution in [0.4, 0.5) is 0 Å². The van der Waals surface area contributed by atoms with Crippen molar-refractivity contribution in [1.82, 2.24) is 0 Å². The Kier molecular flexibility index (Phi) is 8.38. The van der Waals surface area contributed by atoms with Crippen molar-refractivity contribution in [2.24, 2.45) is 17.3 Å². The Balaban J connectivity index is 1.99. The summed E-state index contributed by atoms with van der Waals surface area (Å²) in [4.78, 5) is 12.0. The predicted molar refractivity (Wildman–Crippen MR) is 131 cm³/mol. The lowest BCUT2D eigenvalue weighted by atomic mass is 9.73. The fourth-order valence-electron chi connectivity index (χ4n) is 4.80. The number of aliphatic carboxylic acids is 1. The minimum absolute atomic E-state index is 0.0583. The van der Waals surface area contributed by atoms with Gasteiger partial charge in [-0.3, -0.25) is 4.79 Å². The largest absolute Gasteiger partial charge is 0.493 e. The van der Waals surface area contributed by atoms with Crippen molar-refractivity contribution in [2.75, 3.05) is 42.2 Å².